The Morgan fingerprint density at radius 1 is 0.947 bits per heavy atom. The minimum atomic E-state index is -0.723. The van der Waals surface area contributed by atoms with Gasteiger partial charge in [-0.1, -0.05) is 112 Å². The number of ether oxygens (including phenoxy) is 1. The number of para-hydroxylation sites is 1. The lowest BCUT2D eigenvalue weighted by Gasteiger charge is -2.32. The first kappa shape index (κ1) is 29.2. The molecule has 0 aliphatic carbocycles. The maximum Gasteiger partial charge on any atom is 0.261 e. The normalized spacial score (nSPS) is 12.0. The van der Waals surface area contributed by atoms with Gasteiger partial charge in [-0.05, 0) is 40.7 Å². The zero-order valence-electron chi connectivity index (χ0n) is 22.9. The number of hydrogen-bond acceptors (Lipinski definition) is 3. The number of nitrogens with one attached hydrogen (secondary N) is 1. The van der Waals surface area contributed by atoms with Gasteiger partial charge in [0.05, 0.1) is 0 Å². The molecule has 2 amide bonds. The van der Waals surface area contributed by atoms with Crippen LogP contribution in [0.4, 0.5) is 0 Å². The highest BCUT2D eigenvalue weighted by atomic mass is 35.5. The Kier molecular flexibility index (Phi) is 10.8. The summed E-state index contributed by atoms with van der Waals surface area (Å²) in [5, 5.41) is 3.59. The molecule has 0 saturated carbocycles. The van der Waals surface area contributed by atoms with Crippen molar-refractivity contribution in [3.8, 4) is 5.75 Å². The summed E-state index contributed by atoms with van der Waals surface area (Å²) in [6.45, 7) is 8.97. The molecule has 0 aliphatic heterocycles. The van der Waals surface area contributed by atoms with Crippen LogP contribution >= 0.6 is 11.6 Å². The Bertz CT molecular complexity index is 1190. The maximum absolute atomic E-state index is 13.8. The Morgan fingerprint density at radius 3 is 2.29 bits per heavy atom. The SMILES string of the molecule is CCCCNC(=O)[C@H](Cc1ccccc1)N(Cc1ccccc1Cl)C(=O)COc1ccccc1C(C)(C)C. The van der Waals surface area contributed by atoms with Gasteiger partial charge in [0.2, 0.25) is 5.91 Å². The van der Waals surface area contributed by atoms with Crippen LogP contribution in [0.15, 0.2) is 78.9 Å². The molecule has 0 spiro atoms. The number of amides is 2. The molecule has 3 rings (SSSR count). The number of carbonyl (C=O) groups excluding carboxylic acids is 2. The number of carbonyl (C=O) groups is 2. The minimum absolute atomic E-state index is 0.147. The molecule has 1 N–H and O–H groups in total. The third-order valence-electron chi connectivity index (χ3n) is 6.45. The molecule has 3 aromatic carbocycles. The van der Waals surface area contributed by atoms with Crippen molar-refractivity contribution in [3.63, 3.8) is 0 Å². The van der Waals surface area contributed by atoms with Gasteiger partial charge in [-0.3, -0.25) is 9.59 Å². The van der Waals surface area contributed by atoms with Crippen molar-refractivity contribution in [1.82, 2.24) is 10.2 Å². The molecule has 0 aliphatic rings. The van der Waals surface area contributed by atoms with Crippen LogP contribution in [0.3, 0.4) is 0 Å². The summed E-state index contributed by atoms with van der Waals surface area (Å²) >= 11 is 6.49. The van der Waals surface area contributed by atoms with E-state index in [-0.39, 0.29) is 30.4 Å². The topological polar surface area (TPSA) is 58.6 Å². The third kappa shape index (κ3) is 8.35. The van der Waals surface area contributed by atoms with E-state index in [0.717, 1.165) is 29.5 Å². The van der Waals surface area contributed by atoms with Crippen LogP contribution in [0.5, 0.6) is 5.75 Å². The van der Waals surface area contributed by atoms with Crippen LogP contribution in [-0.4, -0.2) is 35.9 Å². The van der Waals surface area contributed by atoms with Gasteiger partial charge in [-0.25, -0.2) is 0 Å². The van der Waals surface area contributed by atoms with E-state index in [9.17, 15) is 9.59 Å². The van der Waals surface area contributed by atoms with Gasteiger partial charge in [-0.15, -0.1) is 0 Å². The fourth-order valence-corrected chi connectivity index (χ4v) is 4.50. The molecule has 0 fully saturated rings. The van der Waals surface area contributed by atoms with E-state index in [1.54, 1.807) is 11.0 Å². The largest absolute Gasteiger partial charge is 0.483 e. The fourth-order valence-electron chi connectivity index (χ4n) is 4.30. The monoisotopic (exact) mass is 534 g/mol. The predicted octanol–water partition coefficient (Wildman–Crippen LogP) is 6.57. The second-order valence-electron chi connectivity index (χ2n) is 10.5. The highest BCUT2D eigenvalue weighted by Gasteiger charge is 2.31. The summed E-state index contributed by atoms with van der Waals surface area (Å²) in [7, 11) is 0. The molecule has 1 atom stereocenters. The van der Waals surface area contributed by atoms with Gasteiger partial charge < -0.3 is 15.0 Å². The average molecular weight is 535 g/mol. The van der Waals surface area contributed by atoms with Gasteiger partial charge in [0.25, 0.3) is 5.91 Å². The molecule has 0 aromatic heterocycles. The second-order valence-corrected chi connectivity index (χ2v) is 10.9. The molecule has 0 bridgehead atoms. The quantitative estimate of drug-likeness (QED) is 0.267. The molecule has 5 nitrogen and oxygen atoms in total. The van der Waals surface area contributed by atoms with E-state index in [4.69, 9.17) is 16.3 Å². The minimum Gasteiger partial charge on any atom is -0.483 e. The number of halogens is 1. The lowest BCUT2D eigenvalue weighted by molar-refractivity contribution is -0.142. The first-order valence-electron chi connectivity index (χ1n) is 13.3. The third-order valence-corrected chi connectivity index (χ3v) is 6.81. The highest BCUT2D eigenvalue weighted by molar-refractivity contribution is 6.31. The van der Waals surface area contributed by atoms with Crippen molar-refractivity contribution >= 4 is 23.4 Å². The summed E-state index contributed by atoms with van der Waals surface area (Å²) in [6.07, 6.45) is 2.22. The van der Waals surface area contributed by atoms with Crippen LogP contribution in [0.1, 0.15) is 57.2 Å². The number of nitrogens with zero attached hydrogens (tertiary/aromatic N) is 1. The van der Waals surface area contributed by atoms with Gasteiger partial charge in [0.15, 0.2) is 6.61 Å². The second kappa shape index (κ2) is 14.0. The van der Waals surface area contributed by atoms with Crippen molar-refractivity contribution in [2.75, 3.05) is 13.2 Å². The Balaban J connectivity index is 1.93. The van der Waals surface area contributed by atoms with Crippen LogP contribution < -0.4 is 10.1 Å². The zero-order valence-corrected chi connectivity index (χ0v) is 23.6. The molecule has 0 unspecified atom stereocenters. The summed E-state index contributed by atoms with van der Waals surface area (Å²) in [5.74, 6) is 0.205. The number of benzene rings is 3. The Morgan fingerprint density at radius 2 is 1.61 bits per heavy atom. The molecule has 38 heavy (non-hydrogen) atoms. The molecule has 0 radical (unpaired) electrons. The Hall–Kier alpha value is -3.31. The summed E-state index contributed by atoms with van der Waals surface area (Å²) in [6, 6.07) is 24.2. The molecule has 0 heterocycles. The summed E-state index contributed by atoms with van der Waals surface area (Å²) in [4.78, 5) is 29.0. The molecule has 202 valence electrons. The lowest BCUT2D eigenvalue weighted by Crippen LogP contribution is -2.51. The standard InChI is InChI=1S/C32H39ClN2O3/c1-5-6-20-34-31(37)28(21-24-14-8-7-9-15-24)35(22-25-16-10-12-18-27(25)33)30(36)23-38-29-19-13-11-17-26(29)32(2,3)4/h7-19,28H,5-6,20-23H2,1-4H3,(H,34,37)/t28-/m0/s1. The van der Waals surface area contributed by atoms with Crippen LogP contribution in [0.2, 0.25) is 5.02 Å². The van der Waals surface area contributed by atoms with E-state index in [0.29, 0.717) is 23.7 Å². The molecule has 0 saturated heterocycles. The molecule has 3 aromatic rings. The van der Waals surface area contributed by atoms with Crippen LogP contribution in [-0.2, 0) is 28.0 Å². The number of hydrogen-bond donors (Lipinski definition) is 1. The number of rotatable bonds is 12. The predicted molar refractivity (Wildman–Crippen MR) is 154 cm³/mol. The van der Waals surface area contributed by atoms with Gasteiger partial charge in [-0.2, -0.15) is 0 Å². The van der Waals surface area contributed by atoms with E-state index in [1.807, 2.05) is 72.8 Å². The number of unbranched alkanes of at least 4 members (excludes halogenated alkanes) is 1. The van der Waals surface area contributed by atoms with Crippen LogP contribution in [0.25, 0.3) is 0 Å². The molecular weight excluding hydrogens is 496 g/mol. The maximum atomic E-state index is 13.8. The Labute approximate surface area is 232 Å². The van der Waals surface area contributed by atoms with E-state index < -0.39 is 6.04 Å². The van der Waals surface area contributed by atoms with Crippen molar-refractivity contribution in [2.24, 2.45) is 0 Å². The molecule has 6 heteroatoms. The molecular formula is C32H39ClN2O3. The van der Waals surface area contributed by atoms with Crippen molar-refractivity contribution in [2.45, 2.75) is 65.0 Å². The fraction of sp³-hybridized carbons (Fsp3) is 0.375. The summed E-state index contributed by atoms with van der Waals surface area (Å²) in [5.41, 5.74) is 2.62. The highest BCUT2D eigenvalue weighted by Crippen LogP contribution is 2.31. The van der Waals surface area contributed by atoms with Crippen molar-refractivity contribution in [1.29, 1.82) is 0 Å². The van der Waals surface area contributed by atoms with Gasteiger partial charge in [0, 0.05) is 24.5 Å². The lowest BCUT2D eigenvalue weighted by atomic mass is 9.86. The average Bonchev–Trinajstić information content (AvgIpc) is 2.90. The van der Waals surface area contributed by atoms with E-state index in [1.165, 1.54) is 0 Å². The van der Waals surface area contributed by atoms with Crippen LogP contribution in [0, 0.1) is 0 Å². The first-order valence-corrected chi connectivity index (χ1v) is 13.6. The van der Waals surface area contributed by atoms with E-state index in [2.05, 4.69) is 33.0 Å². The first-order chi connectivity index (χ1) is 18.2. The smallest absolute Gasteiger partial charge is 0.261 e. The van der Waals surface area contributed by atoms with Crippen molar-refractivity contribution in [3.05, 3.63) is 101 Å². The van der Waals surface area contributed by atoms with Gasteiger partial charge in [0.1, 0.15) is 11.8 Å². The zero-order chi connectivity index (χ0) is 27.5. The van der Waals surface area contributed by atoms with E-state index >= 15 is 0 Å². The van der Waals surface area contributed by atoms with Gasteiger partial charge >= 0.3 is 0 Å². The van der Waals surface area contributed by atoms with Crippen molar-refractivity contribution < 1.29 is 14.3 Å². The summed E-state index contributed by atoms with van der Waals surface area (Å²) < 4.78 is 6.10.